The summed E-state index contributed by atoms with van der Waals surface area (Å²) in [5.74, 6) is 2.18. The maximum absolute atomic E-state index is 9.48. The predicted octanol–water partition coefficient (Wildman–Crippen LogP) is 2.44. The summed E-state index contributed by atoms with van der Waals surface area (Å²) in [6.45, 7) is 6.74. The Balaban J connectivity index is 2.40. The standard InChI is InChI=1S/C10H20O/c1-7(2)9-4-5-10(11)8(3)6-9/h7-11H,4-6H2,1-3H3/t8-,9+,10-/m0/s1. The van der Waals surface area contributed by atoms with E-state index in [1.807, 2.05) is 0 Å². The number of aliphatic hydroxyl groups excluding tert-OH is 1. The van der Waals surface area contributed by atoms with E-state index in [9.17, 15) is 5.11 Å². The number of hydrogen-bond donors (Lipinski definition) is 1. The van der Waals surface area contributed by atoms with E-state index in [0.717, 1.165) is 18.3 Å². The molecular formula is C10H20O. The highest BCUT2D eigenvalue weighted by atomic mass is 16.3. The van der Waals surface area contributed by atoms with E-state index in [1.54, 1.807) is 0 Å². The van der Waals surface area contributed by atoms with Crippen molar-refractivity contribution in [3.8, 4) is 0 Å². The fourth-order valence-electron chi connectivity index (χ4n) is 2.03. The molecule has 1 N–H and O–H groups in total. The zero-order valence-electron chi connectivity index (χ0n) is 7.88. The molecule has 0 aromatic carbocycles. The lowest BCUT2D eigenvalue weighted by Gasteiger charge is -2.33. The summed E-state index contributed by atoms with van der Waals surface area (Å²) in [4.78, 5) is 0. The summed E-state index contributed by atoms with van der Waals surface area (Å²) in [5, 5.41) is 9.48. The van der Waals surface area contributed by atoms with Crippen molar-refractivity contribution in [2.24, 2.45) is 17.8 Å². The molecule has 0 spiro atoms. The van der Waals surface area contributed by atoms with Gasteiger partial charge in [0.25, 0.3) is 0 Å². The van der Waals surface area contributed by atoms with Gasteiger partial charge in [-0.2, -0.15) is 0 Å². The highest BCUT2D eigenvalue weighted by Crippen LogP contribution is 2.33. The van der Waals surface area contributed by atoms with Gasteiger partial charge in [0.15, 0.2) is 0 Å². The Bertz CT molecular complexity index is 120. The third-order valence-corrected chi connectivity index (χ3v) is 3.11. The van der Waals surface area contributed by atoms with Crippen molar-refractivity contribution in [3.05, 3.63) is 0 Å². The van der Waals surface area contributed by atoms with Gasteiger partial charge >= 0.3 is 0 Å². The molecule has 1 aliphatic carbocycles. The van der Waals surface area contributed by atoms with Crippen molar-refractivity contribution in [2.45, 2.75) is 46.1 Å². The Labute approximate surface area is 69.8 Å². The Morgan fingerprint density at radius 1 is 1.27 bits per heavy atom. The molecule has 66 valence electrons. The zero-order valence-corrected chi connectivity index (χ0v) is 7.88. The molecule has 0 aromatic heterocycles. The minimum absolute atomic E-state index is 0.0231. The quantitative estimate of drug-likeness (QED) is 0.618. The summed E-state index contributed by atoms with van der Waals surface area (Å²) in [7, 11) is 0. The van der Waals surface area contributed by atoms with Crippen molar-refractivity contribution in [3.63, 3.8) is 0 Å². The van der Waals surface area contributed by atoms with Crippen LogP contribution in [0.25, 0.3) is 0 Å². The van der Waals surface area contributed by atoms with Crippen LogP contribution in [0.15, 0.2) is 0 Å². The van der Waals surface area contributed by atoms with Gasteiger partial charge in [-0.1, -0.05) is 20.8 Å². The van der Waals surface area contributed by atoms with Crippen molar-refractivity contribution >= 4 is 0 Å². The molecule has 0 bridgehead atoms. The fraction of sp³-hybridized carbons (Fsp3) is 1.00. The Kier molecular flexibility index (Phi) is 2.94. The van der Waals surface area contributed by atoms with E-state index in [0.29, 0.717) is 5.92 Å². The zero-order chi connectivity index (χ0) is 8.43. The number of rotatable bonds is 1. The van der Waals surface area contributed by atoms with E-state index < -0.39 is 0 Å². The predicted molar refractivity (Wildman–Crippen MR) is 47.3 cm³/mol. The van der Waals surface area contributed by atoms with Crippen LogP contribution < -0.4 is 0 Å². The summed E-state index contributed by atoms with van der Waals surface area (Å²) >= 11 is 0. The first-order chi connectivity index (χ1) is 5.11. The maximum atomic E-state index is 9.48. The Morgan fingerprint density at radius 3 is 2.36 bits per heavy atom. The van der Waals surface area contributed by atoms with Gasteiger partial charge in [0.1, 0.15) is 0 Å². The SMILES string of the molecule is CC(C)[C@@H]1CC[C@H](O)[C@@H](C)C1. The van der Waals surface area contributed by atoms with E-state index in [1.165, 1.54) is 12.8 Å². The van der Waals surface area contributed by atoms with E-state index >= 15 is 0 Å². The fourth-order valence-corrected chi connectivity index (χ4v) is 2.03. The molecule has 0 aliphatic heterocycles. The lowest BCUT2D eigenvalue weighted by Crippen LogP contribution is -2.29. The molecular weight excluding hydrogens is 136 g/mol. The molecule has 0 unspecified atom stereocenters. The lowest BCUT2D eigenvalue weighted by atomic mass is 9.75. The van der Waals surface area contributed by atoms with Gasteiger partial charge in [0, 0.05) is 0 Å². The van der Waals surface area contributed by atoms with Gasteiger partial charge < -0.3 is 5.11 Å². The van der Waals surface area contributed by atoms with Crippen LogP contribution in [0, 0.1) is 17.8 Å². The second-order valence-electron chi connectivity index (χ2n) is 4.36. The molecule has 1 heteroatoms. The number of hydrogen-bond acceptors (Lipinski definition) is 1. The van der Waals surface area contributed by atoms with Crippen LogP contribution >= 0.6 is 0 Å². The normalized spacial score (nSPS) is 39.5. The largest absolute Gasteiger partial charge is 0.393 e. The van der Waals surface area contributed by atoms with Crippen LogP contribution in [0.5, 0.6) is 0 Å². The third kappa shape index (κ3) is 2.19. The first kappa shape index (κ1) is 9.05. The molecule has 1 nitrogen and oxygen atoms in total. The van der Waals surface area contributed by atoms with Crippen molar-refractivity contribution < 1.29 is 5.11 Å². The molecule has 0 saturated heterocycles. The molecule has 1 rings (SSSR count). The summed E-state index contributed by atoms with van der Waals surface area (Å²) in [5.41, 5.74) is 0. The molecule has 0 radical (unpaired) electrons. The topological polar surface area (TPSA) is 20.2 Å². The van der Waals surface area contributed by atoms with Crippen LogP contribution in [-0.2, 0) is 0 Å². The van der Waals surface area contributed by atoms with Gasteiger partial charge in [0.05, 0.1) is 6.10 Å². The van der Waals surface area contributed by atoms with Crippen LogP contribution in [0.2, 0.25) is 0 Å². The molecule has 1 aliphatic rings. The summed E-state index contributed by atoms with van der Waals surface area (Å²) in [6, 6.07) is 0. The Hall–Kier alpha value is -0.0400. The van der Waals surface area contributed by atoms with Crippen LogP contribution in [0.4, 0.5) is 0 Å². The van der Waals surface area contributed by atoms with Gasteiger partial charge in [-0.25, -0.2) is 0 Å². The van der Waals surface area contributed by atoms with Gasteiger partial charge in [-0.05, 0) is 37.0 Å². The highest BCUT2D eigenvalue weighted by molar-refractivity contribution is 4.78. The minimum atomic E-state index is -0.0231. The summed E-state index contributed by atoms with van der Waals surface area (Å²) in [6.07, 6.45) is 3.44. The van der Waals surface area contributed by atoms with Gasteiger partial charge in [-0.15, -0.1) is 0 Å². The van der Waals surface area contributed by atoms with Crippen LogP contribution in [0.3, 0.4) is 0 Å². The first-order valence-electron chi connectivity index (χ1n) is 4.79. The highest BCUT2D eigenvalue weighted by Gasteiger charge is 2.27. The van der Waals surface area contributed by atoms with E-state index in [4.69, 9.17) is 0 Å². The third-order valence-electron chi connectivity index (χ3n) is 3.11. The molecule has 11 heavy (non-hydrogen) atoms. The first-order valence-corrected chi connectivity index (χ1v) is 4.79. The van der Waals surface area contributed by atoms with Crippen LogP contribution in [-0.4, -0.2) is 11.2 Å². The van der Waals surface area contributed by atoms with Crippen molar-refractivity contribution in [1.29, 1.82) is 0 Å². The van der Waals surface area contributed by atoms with Gasteiger partial charge in [-0.3, -0.25) is 0 Å². The minimum Gasteiger partial charge on any atom is -0.393 e. The van der Waals surface area contributed by atoms with Crippen molar-refractivity contribution in [2.75, 3.05) is 0 Å². The Morgan fingerprint density at radius 2 is 1.91 bits per heavy atom. The molecule has 1 saturated carbocycles. The second-order valence-corrected chi connectivity index (χ2v) is 4.36. The van der Waals surface area contributed by atoms with Crippen molar-refractivity contribution in [1.82, 2.24) is 0 Å². The number of aliphatic hydroxyl groups is 1. The average Bonchev–Trinajstić information content (AvgIpc) is 1.94. The monoisotopic (exact) mass is 156 g/mol. The van der Waals surface area contributed by atoms with Crippen LogP contribution in [0.1, 0.15) is 40.0 Å². The van der Waals surface area contributed by atoms with Gasteiger partial charge in [0.2, 0.25) is 0 Å². The molecule has 3 atom stereocenters. The smallest absolute Gasteiger partial charge is 0.0566 e. The second kappa shape index (κ2) is 3.57. The average molecular weight is 156 g/mol. The maximum Gasteiger partial charge on any atom is 0.0566 e. The lowest BCUT2D eigenvalue weighted by molar-refractivity contribution is 0.0465. The molecule has 0 aromatic rings. The molecule has 1 fully saturated rings. The van der Waals surface area contributed by atoms with E-state index in [2.05, 4.69) is 20.8 Å². The van der Waals surface area contributed by atoms with E-state index in [-0.39, 0.29) is 6.10 Å². The summed E-state index contributed by atoms with van der Waals surface area (Å²) < 4.78 is 0. The molecule has 0 amide bonds. The molecule has 0 heterocycles.